The van der Waals surface area contributed by atoms with E-state index in [1.165, 1.54) is 12.6 Å². The summed E-state index contributed by atoms with van der Waals surface area (Å²) in [5.74, 6) is -0.164. The van der Waals surface area contributed by atoms with Gasteiger partial charge in [0.2, 0.25) is 0 Å². The van der Waals surface area contributed by atoms with Crippen molar-refractivity contribution in [1.29, 1.82) is 0 Å². The molecule has 0 saturated carbocycles. The van der Waals surface area contributed by atoms with E-state index in [1.807, 2.05) is 4.90 Å². The van der Waals surface area contributed by atoms with Crippen LogP contribution in [0.2, 0.25) is 0 Å². The lowest BCUT2D eigenvalue weighted by Crippen LogP contribution is -2.31. The second-order valence-corrected chi connectivity index (χ2v) is 3.95. The molecule has 1 aliphatic heterocycles. The van der Waals surface area contributed by atoms with E-state index in [2.05, 4.69) is 9.72 Å². The third kappa shape index (κ3) is 2.83. The number of ether oxygens (including phenoxy) is 1. The van der Waals surface area contributed by atoms with Crippen LogP contribution < -0.4 is 15.4 Å². The molecule has 5 nitrogen and oxygen atoms in total. The van der Waals surface area contributed by atoms with Crippen molar-refractivity contribution >= 4 is 11.9 Å². The molecule has 17 heavy (non-hydrogen) atoms. The zero-order valence-corrected chi connectivity index (χ0v) is 9.36. The van der Waals surface area contributed by atoms with Gasteiger partial charge in [0.25, 0.3) is 0 Å². The first kappa shape index (κ1) is 11.6. The molecule has 1 amide bonds. The molecule has 1 saturated heterocycles. The van der Waals surface area contributed by atoms with Gasteiger partial charge in [0, 0.05) is 19.2 Å². The van der Waals surface area contributed by atoms with E-state index in [1.54, 1.807) is 0 Å². The molecule has 0 radical (unpaired) electrons. The maximum absolute atomic E-state index is 13.7. The lowest BCUT2D eigenvalue weighted by Gasteiger charge is -2.27. The molecule has 92 valence electrons. The first-order valence-electron chi connectivity index (χ1n) is 5.54. The second kappa shape index (κ2) is 4.99. The van der Waals surface area contributed by atoms with E-state index in [9.17, 15) is 9.18 Å². The molecule has 0 spiro atoms. The smallest absolute Gasteiger partial charge is 0.409 e. The molecule has 2 rings (SSSR count). The number of aromatic nitrogens is 1. The highest BCUT2D eigenvalue weighted by Gasteiger charge is 2.17. The van der Waals surface area contributed by atoms with E-state index in [0.717, 1.165) is 32.0 Å². The maximum atomic E-state index is 13.7. The molecule has 0 aliphatic carbocycles. The number of carbonyl (C=O) groups excluding carboxylic acids is 1. The lowest BCUT2D eigenvalue weighted by atomic mass is 10.1. The summed E-state index contributed by atoms with van der Waals surface area (Å²) in [4.78, 5) is 16.4. The van der Waals surface area contributed by atoms with Crippen LogP contribution in [0, 0.1) is 5.82 Å². The van der Waals surface area contributed by atoms with E-state index >= 15 is 0 Å². The number of primary amides is 1. The third-order valence-corrected chi connectivity index (χ3v) is 2.67. The number of rotatable bonds is 2. The summed E-state index contributed by atoms with van der Waals surface area (Å²) in [6, 6.07) is 1.13. The van der Waals surface area contributed by atoms with E-state index in [0.29, 0.717) is 5.82 Å². The van der Waals surface area contributed by atoms with Gasteiger partial charge in [0.05, 0.1) is 6.20 Å². The Morgan fingerprint density at radius 1 is 1.41 bits per heavy atom. The van der Waals surface area contributed by atoms with Gasteiger partial charge in [-0.2, -0.15) is 0 Å². The molecule has 2 heterocycles. The molecule has 0 unspecified atom stereocenters. The Hall–Kier alpha value is -1.85. The highest BCUT2D eigenvalue weighted by molar-refractivity contribution is 5.68. The van der Waals surface area contributed by atoms with Gasteiger partial charge >= 0.3 is 6.09 Å². The average Bonchev–Trinajstić information content (AvgIpc) is 2.29. The van der Waals surface area contributed by atoms with Crippen LogP contribution in [0.25, 0.3) is 0 Å². The van der Waals surface area contributed by atoms with Crippen molar-refractivity contribution < 1.29 is 13.9 Å². The molecule has 1 aliphatic rings. The summed E-state index contributed by atoms with van der Waals surface area (Å²) in [6.07, 6.45) is 3.58. The van der Waals surface area contributed by atoms with Gasteiger partial charge in [-0.15, -0.1) is 0 Å². The zero-order valence-electron chi connectivity index (χ0n) is 9.36. The van der Waals surface area contributed by atoms with Crippen LogP contribution >= 0.6 is 0 Å². The number of anilines is 1. The van der Waals surface area contributed by atoms with E-state index in [4.69, 9.17) is 5.73 Å². The summed E-state index contributed by atoms with van der Waals surface area (Å²) >= 11 is 0. The summed E-state index contributed by atoms with van der Waals surface area (Å²) < 4.78 is 18.3. The van der Waals surface area contributed by atoms with Crippen molar-refractivity contribution in [3.05, 3.63) is 18.1 Å². The summed E-state index contributed by atoms with van der Waals surface area (Å²) in [6.45, 7) is 1.61. The quantitative estimate of drug-likeness (QED) is 0.852. The first-order valence-corrected chi connectivity index (χ1v) is 5.54. The molecule has 0 bridgehead atoms. The number of pyridine rings is 1. The average molecular weight is 239 g/mol. The van der Waals surface area contributed by atoms with Crippen molar-refractivity contribution in [3.8, 4) is 5.75 Å². The van der Waals surface area contributed by atoms with Crippen molar-refractivity contribution in [2.75, 3.05) is 18.0 Å². The molecule has 1 fully saturated rings. The zero-order chi connectivity index (χ0) is 12.3. The Balaban J connectivity index is 2.15. The van der Waals surface area contributed by atoms with Crippen LogP contribution in [0.4, 0.5) is 15.0 Å². The molecular weight excluding hydrogens is 225 g/mol. The van der Waals surface area contributed by atoms with Crippen LogP contribution in [-0.4, -0.2) is 24.2 Å². The number of hydrogen-bond acceptors (Lipinski definition) is 4. The molecule has 2 N–H and O–H groups in total. The standard InChI is InChI=1S/C11H14FN3O2/c12-9-6-8(17-11(13)16)7-14-10(9)15-4-2-1-3-5-15/h6-7H,1-5H2,(H2,13,16). The molecular formula is C11H14FN3O2. The lowest BCUT2D eigenvalue weighted by molar-refractivity contribution is 0.210. The predicted octanol–water partition coefficient (Wildman–Crippen LogP) is 1.67. The normalized spacial score (nSPS) is 15.7. The number of halogens is 1. The minimum absolute atomic E-state index is 0.0239. The van der Waals surface area contributed by atoms with Crippen LogP contribution in [0.1, 0.15) is 19.3 Å². The van der Waals surface area contributed by atoms with Gasteiger partial charge in [-0.25, -0.2) is 14.2 Å². The number of carbonyl (C=O) groups is 1. The minimum atomic E-state index is -0.975. The topological polar surface area (TPSA) is 68.5 Å². The van der Waals surface area contributed by atoms with Crippen LogP contribution in [0.5, 0.6) is 5.75 Å². The van der Waals surface area contributed by atoms with E-state index in [-0.39, 0.29) is 5.75 Å². The fraction of sp³-hybridized carbons (Fsp3) is 0.455. The molecule has 0 aromatic carbocycles. The van der Waals surface area contributed by atoms with Crippen LogP contribution in [0.3, 0.4) is 0 Å². The number of piperidine rings is 1. The minimum Gasteiger partial charge on any atom is -0.409 e. The third-order valence-electron chi connectivity index (χ3n) is 2.67. The fourth-order valence-corrected chi connectivity index (χ4v) is 1.92. The van der Waals surface area contributed by atoms with E-state index < -0.39 is 11.9 Å². The number of hydrogen-bond donors (Lipinski definition) is 1. The Bertz CT molecular complexity index is 419. The second-order valence-electron chi connectivity index (χ2n) is 3.95. The summed E-state index contributed by atoms with van der Waals surface area (Å²) in [5.41, 5.74) is 4.83. The molecule has 1 aromatic rings. The van der Waals surface area contributed by atoms with Gasteiger partial charge in [-0.1, -0.05) is 0 Å². The largest absolute Gasteiger partial charge is 0.410 e. The number of amides is 1. The maximum Gasteiger partial charge on any atom is 0.410 e. The Morgan fingerprint density at radius 2 is 2.12 bits per heavy atom. The highest BCUT2D eigenvalue weighted by atomic mass is 19.1. The highest BCUT2D eigenvalue weighted by Crippen LogP contribution is 2.23. The number of nitrogens with two attached hydrogens (primary N) is 1. The molecule has 6 heteroatoms. The molecule has 1 aromatic heterocycles. The van der Waals surface area contributed by atoms with Crippen molar-refractivity contribution in [1.82, 2.24) is 4.98 Å². The van der Waals surface area contributed by atoms with Crippen LogP contribution in [0.15, 0.2) is 12.3 Å². The van der Waals surface area contributed by atoms with Gasteiger partial charge in [0.15, 0.2) is 17.4 Å². The molecule has 0 atom stereocenters. The Kier molecular flexibility index (Phi) is 3.41. The fourth-order valence-electron chi connectivity index (χ4n) is 1.92. The summed E-state index contributed by atoms with van der Waals surface area (Å²) in [7, 11) is 0. The predicted molar refractivity (Wildman–Crippen MR) is 60.5 cm³/mol. The first-order chi connectivity index (χ1) is 8.16. The van der Waals surface area contributed by atoms with Gasteiger partial charge in [-0.3, -0.25) is 0 Å². The van der Waals surface area contributed by atoms with Crippen molar-refractivity contribution in [3.63, 3.8) is 0 Å². The SMILES string of the molecule is NC(=O)Oc1cnc(N2CCCCC2)c(F)c1. The summed E-state index contributed by atoms with van der Waals surface area (Å²) in [5, 5.41) is 0. The number of nitrogens with zero attached hydrogens (tertiary/aromatic N) is 2. The Morgan fingerprint density at radius 3 is 2.71 bits per heavy atom. The van der Waals surface area contributed by atoms with Crippen molar-refractivity contribution in [2.45, 2.75) is 19.3 Å². The Labute approximate surface area is 98.4 Å². The van der Waals surface area contributed by atoms with Gasteiger partial charge in [0.1, 0.15) is 0 Å². The monoisotopic (exact) mass is 239 g/mol. The van der Waals surface area contributed by atoms with Gasteiger partial charge < -0.3 is 15.4 Å². The van der Waals surface area contributed by atoms with Gasteiger partial charge in [-0.05, 0) is 19.3 Å². The van der Waals surface area contributed by atoms with Crippen LogP contribution in [-0.2, 0) is 0 Å². The van der Waals surface area contributed by atoms with Crippen molar-refractivity contribution in [2.24, 2.45) is 5.73 Å².